The first-order chi connectivity index (χ1) is 12.2. The molecule has 1 aliphatic carbocycles. The molecular weight excluding hydrogens is 314 g/mol. The third kappa shape index (κ3) is 5.34. The van der Waals surface area contributed by atoms with Gasteiger partial charge in [0.2, 0.25) is 11.8 Å². The lowest BCUT2D eigenvalue weighted by Crippen LogP contribution is -2.47. The summed E-state index contributed by atoms with van der Waals surface area (Å²) in [6, 6.07) is 8.04. The number of amides is 2. The Morgan fingerprint density at radius 3 is 2.68 bits per heavy atom. The highest BCUT2D eigenvalue weighted by Gasteiger charge is 2.16. The Bertz CT molecular complexity index is 618. The second-order valence-corrected chi connectivity index (χ2v) is 6.91. The molecule has 134 valence electrons. The molecule has 1 saturated carbocycles. The van der Waals surface area contributed by atoms with Crippen LogP contribution in [0.2, 0.25) is 0 Å². The van der Waals surface area contributed by atoms with E-state index in [0.29, 0.717) is 25.6 Å². The highest BCUT2D eigenvalue weighted by atomic mass is 16.2. The van der Waals surface area contributed by atoms with Crippen LogP contribution < -0.4 is 15.5 Å². The van der Waals surface area contributed by atoms with Crippen LogP contribution in [-0.2, 0) is 16.1 Å². The molecule has 0 spiro atoms. The number of nitrogens with one attached hydrogen (secondary N) is 2. The van der Waals surface area contributed by atoms with E-state index in [9.17, 15) is 9.59 Å². The Kier molecular flexibility index (Phi) is 6.09. The molecule has 2 fully saturated rings. The average molecular weight is 341 g/mol. The lowest BCUT2D eigenvalue weighted by molar-refractivity contribution is -0.120. The van der Waals surface area contributed by atoms with Crippen molar-refractivity contribution in [2.24, 2.45) is 5.92 Å². The number of hydrogen-bond donors (Lipinski definition) is 2. The molecular formula is C20H27N3O2. The number of carbonyl (C=O) groups excluding carboxylic acids is 2. The molecule has 0 atom stereocenters. The van der Waals surface area contributed by atoms with Crippen LogP contribution >= 0.6 is 0 Å². The van der Waals surface area contributed by atoms with Gasteiger partial charge in [-0.05, 0) is 42.5 Å². The fourth-order valence-electron chi connectivity index (χ4n) is 3.48. The average Bonchev–Trinajstić information content (AvgIpc) is 2.66. The third-order valence-corrected chi connectivity index (χ3v) is 4.98. The van der Waals surface area contributed by atoms with Gasteiger partial charge in [0.25, 0.3) is 0 Å². The van der Waals surface area contributed by atoms with Gasteiger partial charge in [0, 0.05) is 25.3 Å². The van der Waals surface area contributed by atoms with Crippen molar-refractivity contribution in [3.05, 3.63) is 42.0 Å². The summed E-state index contributed by atoms with van der Waals surface area (Å²) in [6.07, 6.45) is 10.1. The SMILES string of the molecule is O=C(C=CC1CCCCC1)NCc1ccc(N2CCNC(=O)C2)cc1. The molecule has 1 aromatic carbocycles. The van der Waals surface area contributed by atoms with Gasteiger partial charge in [-0.15, -0.1) is 0 Å². The first-order valence-corrected chi connectivity index (χ1v) is 9.27. The van der Waals surface area contributed by atoms with Crippen LogP contribution in [0.4, 0.5) is 5.69 Å². The van der Waals surface area contributed by atoms with E-state index in [0.717, 1.165) is 17.8 Å². The van der Waals surface area contributed by atoms with E-state index in [1.54, 1.807) is 6.08 Å². The zero-order valence-corrected chi connectivity index (χ0v) is 14.7. The first kappa shape index (κ1) is 17.5. The van der Waals surface area contributed by atoms with Gasteiger partial charge in [-0.25, -0.2) is 0 Å². The Morgan fingerprint density at radius 2 is 1.96 bits per heavy atom. The Hall–Kier alpha value is -2.30. The van der Waals surface area contributed by atoms with E-state index in [-0.39, 0.29) is 11.8 Å². The minimum atomic E-state index is -0.0256. The molecule has 3 rings (SSSR count). The molecule has 2 N–H and O–H groups in total. The lowest BCUT2D eigenvalue weighted by atomic mass is 9.89. The Morgan fingerprint density at radius 1 is 1.20 bits per heavy atom. The summed E-state index contributed by atoms with van der Waals surface area (Å²) in [5.74, 6) is 0.607. The molecule has 0 unspecified atom stereocenters. The van der Waals surface area contributed by atoms with Crippen LogP contribution in [-0.4, -0.2) is 31.4 Å². The predicted octanol–water partition coefficient (Wildman–Crippen LogP) is 2.38. The number of anilines is 1. The van der Waals surface area contributed by atoms with E-state index in [1.165, 1.54) is 32.1 Å². The maximum absolute atomic E-state index is 12.0. The maximum Gasteiger partial charge on any atom is 0.243 e. The summed E-state index contributed by atoms with van der Waals surface area (Å²) in [7, 11) is 0. The molecule has 25 heavy (non-hydrogen) atoms. The van der Waals surface area contributed by atoms with Crippen molar-refractivity contribution in [3.8, 4) is 0 Å². The summed E-state index contributed by atoms with van der Waals surface area (Å²) < 4.78 is 0. The fourth-order valence-corrected chi connectivity index (χ4v) is 3.48. The van der Waals surface area contributed by atoms with Crippen molar-refractivity contribution in [1.82, 2.24) is 10.6 Å². The molecule has 0 radical (unpaired) electrons. The van der Waals surface area contributed by atoms with Gasteiger partial charge in [0.05, 0.1) is 6.54 Å². The minimum Gasteiger partial charge on any atom is -0.360 e. The highest BCUT2D eigenvalue weighted by molar-refractivity contribution is 5.87. The molecule has 1 aliphatic heterocycles. The summed E-state index contributed by atoms with van der Waals surface area (Å²) in [5, 5.41) is 5.77. The molecule has 0 aromatic heterocycles. The number of carbonyl (C=O) groups is 2. The number of piperazine rings is 1. The molecule has 1 heterocycles. The number of rotatable bonds is 5. The lowest BCUT2D eigenvalue weighted by Gasteiger charge is -2.28. The summed E-state index contributed by atoms with van der Waals surface area (Å²) >= 11 is 0. The van der Waals surface area contributed by atoms with Crippen molar-refractivity contribution in [1.29, 1.82) is 0 Å². The fraction of sp³-hybridized carbons (Fsp3) is 0.500. The summed E-state index contributed by atoms with van der Waals surface area (Å²) in [5.41, 5.74) is 2.10. The van der Waals surface area contributed by atoms with Crippen LogP contribution in [0.15, 0.2) is 36.4 Å². The summed E-state index contributed by atoms with van der Waals surface area (Å²) in [4.78, 5) is 25.5. The molecule has 5 heteroatoms. The first-order valence-electron chi connectivity index (χ1n) is 9.27. The smallest absolute Gasteiger partial charge is 0.243 e. The van der Waals surface area contributed by atoms with Gasteiger partial charge in [0.15, 0.2) is 0 Å². The highest BCUT2D eigenvalue weighted by Crippen LogP contribution is 2.24. The van der Waals surface area contributed by atoms with Crippen molar-refractivity contribution >= 4 is 17.5 Å². The van der Waals surface area contributed by atoms with Crippen molar-refractivity contribution in [3.63, 3.8) is 0 Å². The molecule has 0 bridgehead atoms. The van der Waals surface area contributed by atoms with Gasteiger partial charge in [-0.3, -0.25) is 9.59 Å². The molecule has 2 aliphatic rings. The molecule has 1 aromatic rings. The van der Waals surface area contributed by atoms with Crippen LogP contribution in [0, 0.1) is 5.92 Å². The number of allylic oxidation sites excluding steroid dienone is 1. The van der Waals surface area contributed by atoms with E-state index in [4.69, 9.17) is 0 Å². The monoisotopic (exact) mass is 341 g/mol. The normalized spacial score (nSPS) is 19.0. The number of hydrogen-bond acceptors (Lipinski definition) is 3. The zero-order valence-electron chi connectivity index (χ0n) is 14.7. The second kappa shape index (κ2) is 8.70. The van der Waals surface area contributed by atoms with E-state index >= 15 is 0 Å². The van der Waals surface area contributed by atoms with Gasteiger partial charge >= 0.3 is 0 Å². The standard InChI is InChI=1S/C20H27N3O2/c24-19(11-8-16-4-2-1-3-5-16)22-14-17-6-9-18(10-7-17)23-13-12-21-20(25)15-23/h6-11,16H,1-5,12-15H2,(H,21,25)(H,22,24). The van der Waals surface area contributed by atoms with Crippen molar-refractivity contribution in [2.45, 2.75) is 38.6 Å². The minimum absolute atomic E-state index is 0.0256. The van der Waals surface area contributed by atoms with Crippen molar-refractivity contribution in [2.75, 3.05) is 24.5 Å². The van der Waals surface area contributed by atoms with Gasteiger partial charge < -0.3 is 15.5 Å². The predicted molar refractivity (Wildman–Crippen MR) is 99.2 cm³/mol. The number of nitrogens with zero attached hydrogens (tertiary/aromatic N) is 1. The van der Waals surface area contributed by atoms with E-state index in [1.807, 2.05) is 24.3 Å². The van der Waals surface area contributed by atoms with Gasteiger partial charge in [-0.2, -0.15) is 0 Å². The largest absolute Gasteiger partial charge is 0.360 e. The molecule has 2 amide bonds. The quantitative estimate of drug-likeness (QED) is 0.809. The molecule has 5 nitrogen and oxygen atoms in total. The van der Waals surface area contributed by atoms with Crippen molar-refractivity contribution < 1.29 is 9.59 Å². The van der Waals surface area contributed by atoms with Crippen LogP contribution in [0.5, 0.6) is 0 Å². The summed E-state index contributed by atoms with van der Waals surface area (Å²) in [6.45, 7) is 2.44. The topological polar surface area (TPSA) is 61.4 Å². The van der Waals surface area contributed by atoms with Crippen LogP contribution in [0.25, 0.3) is 0 Å². The molecule has 1 saturated heterocycles. The Labute approximate surface area is 149 Å². The van der Waals surface area contributed by atoms with E-state index < -0.39 is 0 Å². The van der Waals surface area contributed by atoms with Crippen LogP contribution in [0.1, 0.15) is 37.7 Å². The number of benzene rings is 1. The van der Waals surface area contributed by atoms with E-state index in [2.05, 4.69) is 21.6 Å². The van der Waals surface area contributed by atoms with Gasteiger partial charge in [0.1, 0.15) is 0 Å². The van der Waals surface area contributed by atoms with Crippen LogP contribution in [0.3, 0.4) is 0 Å². The second-order valence-electron chi connectivity index (χ2n) is 6.91. The Balaban J connectivity index is 1.45. The third-order valence-electron chi connectivity index (χ3n) is 4.98. The van der Waals surface area contributed by atoms with Gasteiger partial charge in [-0.1, -0.05) is 37.5 Å². The maximum atomic E-state index is 12.0. The zero-order chi connectivity index (χ0) is 17.5.